The van der Waals surface area contributed by atoms with Crippen LogP contribution in [0.3, 0.4) is 0 Å². The van der Waals surface area contributed by atoms with Crippen molar-refractivity contribution < 1.29 is 4.79 Å². The van der Waals surface area contributed by atoms with Crippen LogP contribution in [0.2, 0.25) is 0 Å². The zero-order valence-corrected chi connectivity index (χ0v) is 13.5. The predicted octanol–water partition coefficient (Wildman–Crippen LogP) is 3.28. The summed E-state index contributed by atoms with van der Waals surface area (Å²) in [6.07, 6.45) is 0. The minimum absolute atomic E-state index is 0.00906. The molecule has 116 valence electrons. The number of carbonyl (C=O) groups excluding carboxylic acids is 1. The molecule has 0 spiro atoms. The third kappa shape index (κ3) is 4.71. The van der Waals surface area contributed by atoms with Crippen molar-refractivity contribution in [1.29, 1.82) is 0 Å². The molecule has 0 saturated heterocycles. The van der Waals surface area contributed by atoms with Gasteiger partial charge in [0.1, 0.15) is 0 Å². The van der Waals surface area contributed by atoms with Crippen molar-refractivity contribution in [1.82, 2.24) is 10.2 Å². The van der Waals surface area contributed by atoms with E-state index in [-0.39, 0.29) is 5.91 Å². The number of benzene rings is 2. The minimum Gasteiger partial charge on any atom is -0.352 e. The van der Waals surface area contributed by atoms with Gasteiger partial charge in [0, 0.05) is 18.7 Å². The Morgan fingerprint density at radius 1 is 1.00 bits per heavy atom. The van der Waals surface area contributed by atoms with Crippen LogP contribution >= 0.6 is 0 Å². The summed E-state index contributed by atoms with van der Waals surface area (Å²) < 4.78 is 0. The van der Waals surface area contributed by atoms with Gasteiger partial charge in [0.15, 0.2) is 0 Å². The number of amides is 1. The molecule has 1 N–H and O–H groups in total. The largest absolute Gasteiger partial charge is 0.352 e. The average Bonchev–Trinajstić information content (AvgIpc) is 2.53. The molecule has 3 heteroatoms. The Balaban J connectivity index is 1.94. The molecule has 2 aromatic rings. The molecule has 0 bridgehead atoms. The van der Waals surface area contributed by atoms with Gasteiger partial charge in [-0.1, -0.05) is 49.4 Å². The molecule has 0 aliphatic carbocycles. The quantitative estimate of drug-likeness (QED) is 0.887. The van der Waals surface area contributed by atoms with Gasteiger partial charge >= 0.3 is 0 Å². The van der Waals surface area contributed by atoms with Gasteiger partial charge in [-0.3, -0.25) is 4.79 Å². The minimum atomic E-state index is -0.00906. The lowest BCUT2D eigenvalue weighted by atomic mass is 10.0. The van der Waals surface area contributed by atoms with Crippen LogP contribution in [0.5, 0.6) is 0 Å². The van der Waals surface area contributed by atoms with Crippen LogP contribution in [0.4, 0.5) is 0 Å². The van der Waals surface area contributed by atoms with Crippen molar-refractivity contribution >= 4 is 5.91 Å². The third-order valence-electron chi connectivity index (χ3n) is 3.54. The van der Waals surface area contributed by atoms with E-state index >= 15 is 0 Å². The van der Waals surface area contributed by atoms with Crippen molar-refractivity contribution in [3.8, 4) is 11.1 Å². The number of nitrogens with zero attached hydrogens (tertiary/aromatic N) is 1. The van der Waals surface area contributed by atoms with E-state index in [1.807, 2.05) is 56.6 Å². The number of rotatable bonds is 6. The van der Waals surface area contributed by atoms with Crippen LogP contribution in [-0.4, -0.2) is 38.0 Å². The van der Waals surface area contributed by atoms with Gasteiger partial charge in [0.25, 0.3) is 5.91 Å². The molecule has 0 aliphatic rings. The van der Waals surface area contributed by atoms with Crippen molar-refractivity contribution in [3.63, 3.8) is 0 Å². The summed E-state index contributed by atoms with van der Waals surface area (Å²) in [5.41, 5.74) is 2.99. The highest BCUT2D eigenvalue weighted by Gasteiger charge is 2.09. The molecular formula is C19H24N2O. The van der Waals surface area contributed by atoms with Crippen LogP contribution in [0, 0.1) is 5.92 Å². The number of hydrogen-bond acceptors (Lipinski definition) is 2. The summed E-state index contributed by atoms with van der Waals surface area (Å²) in [5, 5.41) is 3.00. The van der Waals surface area contributed by atoms with Gasteiger partial charge in [0.05, 0.1) is 0 Å². The number of carbonyl (C=O) groups is 1. The van der Waals surface area contributed by atoms with Crippen LogP contribution in [0.1, 0.15) is 17.3 Å². The topological polar surface area (TPSA) is 32.3 Å². The van der Waals surface area contributed by atoms with E-state index in [0.29, 0.717) is 18.0 Å². The fourth-order valence-corrected chi connectivity index (χ4v) is 2.50. The van der Waals surface area contributed by atoms with E-state index in [9.17, 15) is 4.79 Å². The van der Waals surface area contributed by atoms with Gasteiger partial charge < -0.3 is 10.2 Å². The van der Waals surface area contributed by atoms with E-state index in [0.717, 1.165) is 17.7 Å². The van der Waals surface area contributed by atoms with E-state index in [4.69, 9.17) is 0 Å². The lowest BCUT2D eigenvalue weighted by Gasteiger charge is -2.17. The van der Waals surface area contributed by atoms with E-state index in [1.165, 1.54) is 0 Å². The lowest BCUT2D eigenvalue weighted by Crippen LogP contribution is -2.32. The first-order chi connectivity index (χ1) is 10.6. The lowest BCUT2D eigenvalue weighted by molar-refractivity contribution is 0.0946. The first-order valence-electron chi connectivity index (χ1n) is 7.64. The molecule has 1 unspecified atom stereocenters. The average molecular weight is 296 g/mol. The van der Waals surface area contributed by atoms with E-state index in [2.05, 4.69) is 29.3 Å². The van der Waals surface area contributed by atoms with Crippen molar-refractivity contribution in [3.05, 3.63) is 60.2 Å². The van der Waals surface area contributed by atoms with Crippen LogP contribution in [0.25, 0.3) is 11.1 Å². The summed E-state index contributed by atoms with van der Waals surface area (Å²) in [5.74, 6) is 0.424. The maximum Gasteiger partial charge on any atom is 0.251 e. The molecule has 2 rings (SSSR count). The fourth-order valence-electron chi connectivity index (χ4n) is 2.50. The van der Waals surface area contributed by atoms with Crippen molar-refractivity contribution in [2.45, 2.75) is 6.92 Å². The van der Waals surface area contributed by atoms with Gasteiger partial charge in [-0.25, -0.2) is 0 Å². The second-order valence-electron chi connectivity index (χ2n) is 6.02. The van der Waals surface area contributed by atoms with Gasteiger partial charge in [0.2, 0.25) is 0 Å². The first kappa shape index (κ1) is 16.2. The van der Waals surface area contributed by atoms with Gasteiger partial charge in [-0.15, -0.1) is 0 Å². The zero-order chi connectivity index (χ0) is 15.9. The summed E-state index contributed by atoms with van der Waals surface area (Å²) in [4.78, 5) is 14.3. The Labute approximate surface area is 133 Å². The van der Waals surface area contributed by atoms with Gasteiger partial charge in [-0.2, -0.15) is 0 Å². The number of hydrogen-bond donors (Lipinski definition) is 1. The maximum absolute atomic E-state index is 12.2. The molecule has 0 aromatic heterocycles. The molecular weight excluding hydrogens is 272 g/mol. The van der Waals surface area contributed by atoms with E-state index in [1.54, 1.807) is 0 Å². The second-order valence-corrected chi connectivity index (χ2v) is 6.02. The normalized spacial score (nSPS) is 12.2. The van der Waals surface area contributed by atoms with Crippen molar-refractivity contribution in [2.24, 2.45) is 5.92 Å². The third-order valence-corrected chi connectivity index (χ3v) is 3.54. The fraction of sp³-hybridized carbons (Fsp3) is 0.316. The Morgan fingerprint density at radius 3 is 2.18 bits per heavy atom. The molecule has 0 heterocycles. The highest BCUT2D eigenvalue weighted by Crippen LogP contribution is 2.19. The summed E-state index contributed by atoms with van der Waals surface area (Å²) in [6.45, 7) is 3.80. The summed E-state index contributed by atoms with van der Waals surface area (Å²) in [7, 11) is 4.08. The molecule has 22 heavy (non-hydrogen) atoms. The maximum atomic E-state index is 12.2. The van der Waals surface area contributed by atoms with Gasteiger partial charge in [-0.05, 0) is 43.3 Å². The Bertz CT molecular complexity index is 591. The van der Waals surface area contributed by atoms with Crippen LogP contribution in [-0.2, 0) is 0 Å². The highest BCUT2D eigenvalue weighted by atomic mass is 16.1. The summed E-state index contributed by atoms with van der Waals surface area (Å²) >= 11 is 0. The number of nitrogens with one attached hydrogen (secondary N) is 1. The van der Waals surface area contributed by atoms with Crippen molar-refractivity contribution in [2.75, 3.05) is 27.2 Å². The van der Waals surface area contributed by atoms with Crippen LogP contribution < -0.4 is 5.32 Å². The standard InChI is InChI=1S/C19H24N2O/c1-15(14-21(2)3)13-20-19(22)18-11-9-17(10-12-18)16-7-5-4-6-8-16/h4-12,15H,13-14H2,1-3H3,(H,20,22). The predicted molar refractivity (Wildman–Crippen MR) is 91.9 cm³/mol. The Morgan fingerprint density at radius 2 is 1.59 bits per heavy atom. The smallest absolute Gasteiger partial charge is 0.251 e. The monoisotopic (exact) mass is 296 g/mol. The molecule has 1 atom stereocenters. The molecule has 1 amide bonds. The molecule has 3 nitrogen and oxygen atoms in total. The molecule has 0 saturated carbocycles. The Hall–Kier alpha value is -2.13. The summed E-state index contributed by atoms with van der Waals surface area (Å²) in [6, 6.07) is 17.9. The molecule has 2 aromatic carbocycles. The Kier molecular flexibility index (Phi) is 5.73. The molecule has 0 radical (unpaired) electrons. The second kappa shape index (κ2) is 7.76. The molecule has 0 fully saturated rings. The SMILES string of the molecule is CC(CNC(=O)c1ccc(-c2ccccc2)cc1)CN(C)C. The van der Waals surface area contributed by atoms with Crippen LogP contribution in [0.15, 0.2) is 54.6 Å². The first-order valence-corrected chi connectivity index (χ1v) is 7.64. The zero-order valence-electron chi connectivity index (χ0n) is 13.5. The van der Waals surface area contributed by atoms with E-state index < -0.39 is 0 Å². The highest BCUT2D eigenvalue weighted by molar-refractivity contribution is 5.94. The molecule has 0 aliphatic heterocycles.